The first-order valence-corrected chi connectivity index (χ1v) is 7.69. The molecule has 2 rings (SSSR count). The molecule has 1 aromatic rings. The van der Waals surface area contributed by atoms with Crippen LogP contribution in [0.1, 0.15) is 49.4 Å². The number of carbonyl (C=O) groups excluding carboxylic acids is 1. The van der Waals surface area contributed by atoms with E-state index in [0.29, 0.717) is 18.3 Å². The Morgan fingerprint density at radius 1 is 1.57 bits per heavy atom. The van der Waals surface area contributed by atoms with Crippen molar-refractivity contribution in [3.63, 3.8) is 0 Å². The van der Waals surface area contributed by atoms with Gasteiger partial charge in [0, 0.05) is 6.54 Å². The van der Waals surface area contributed by atoms with E-state index < -0.39 is 5.54 Å². The van der Waals surface area contributed by atoms with Crippen molar-refractivity contribution in [3.05, 3.63) is 22.7 Å². The summed E-state index contributed by atoms with van der Waals surface area (Å²) in [5.74, 6) is 0.700. The maximum Gasteiger partial charge on any atom is 0.274 e. The summed E-state index contributed by atoms with van der Waals surface area (Å²) in [5.41, 5.74) is -0.263. The standard InChI is InChI=1S/C15H22ClN3O2/c1-10(2)7-15(9-20)5-4-6-19(15)14(21)13-12(16)8-17-11(3)18-13/h8,10,20H,4-7,9H2,1-3H3. The molecular weight excluding hydrogens is 290 g/mol. The van der Waals surface area contributed by atoms with Gasteiger partial charge >= 0.3 is 0 Å². The summed E-state index contributed by atoms with van der Waals surface area (Å²) < 4.78 is 0. The first-order chi connectivity index (χ1) is 9.89. The van der Waals surface area contributed by atoms with Crippen LogP contribution >= 0.6 is 11.6 Å². The Morgan fingerprint density at radius 2 is 2.29 bits per heavy atom. The Morgan fingerprint density at radius 3 is 2.90 bits per heavy atom. The fourth-order valence-corrected chi connectivity index (χ4v) is 3.36. The Kier molecular flexibility index (Phi) is 4.84. The summed E-state index contributed by atoms with van der Waals surface area (Å²) >= 11 is 6.08. The number of halogens is 1. The molecule has 0 bridgehead atoms. The van der Waals surface area contributed by atoms with Crippen LogP contribution in [0.4, 0.5) is 0 Å². The third kappa shape index (κ3) is 3.19. The first kappa shape index (κ1) is 16.2. The lowest BCUT2D eigenvalue weighted by molar-refractivity contribution is 0.0327. The number of hydrogen-bond acceptors (Lipinski definition) is 4. The van der Waals surface area contributed by atoms with Gasteiger partial charge in [-0.3, -0.25) is 4.79 Å². The van der Waals surface area contributed by atoms with Gasteiger partial charge in [0.05, 0.1) is 23.4 Å². The summed E-state index contributed by atoms with van der Waals surface area (Å²) in [7, 11) is 0. The topological polar surface area (TPSA) is 66.3 Å². The molecule has 0 radical (unpaired) electrons. The zero-order valence-electron chi connectivity index (χ0n) is 12.8. The van der Waals surface area contributed by atoms with Crippen molar-refractivity contribution in [1.29, 1.82) is 0 Å². The summed E-state index contributed by atoms with van der Waals surface area (Å²) in [6.45, 7) is 6.52. The second kappa shape index (κ2) is 6.28. The molecule has 1 aliphatic heterocycles. The van der Waals surface area contributed by atoms with E-state index in [1.807, 2.05) is 0 Å². The van der Waals surface area contributed by atoms with E-state index >= 15 is 0 Å². The van der Waals surface area contributed by atoms with Crippen LogP contribution in [0.5, 0.6) is 0 Å². The molecular formula is C15H22ClN3O2. The monoisotopic (exact) mass is 311 g/mol. The molecule has 116 valence electrons. The number of aromatic nitrogens is 2. The van der Waals surface area contributed by atoms with E-state index in [0.717, 1.165) is 19.3 Å². The molecule has 1 aliphatic rings. The van der Waals surface area contributed by atoms with Crippen molar-refractivity contribution >= 4 is 17.5 Å². The van der Waals surface area contributed by atoms with Gasteiger partial charge in [0.25, 0.3) is 5.91 Å². The Bertz CT molecular complexity index is 536. The van der Waals surface area contributed by atoms with Crippen LogP contribution < -0.4 is 0 Å². The highest BCUT2D eigenvalue weighted by atomic mass is 35.5. The predicted octanol–water partition coefficient (Wildman–Crippen LogP) is 2.45. The van der Waals surface area contributed by atoms with Crippen LogP contribution in [0.25, 0.3) is 0 Å². The minimum Gasteiger partial charge on any atom is -0.394 e. The molecule has 1 N–H and O–H groups in total. The van der Waals surface area contributed by atoms with Crippen LogP contribution in [0.15, 0.2) is 6.20 Å². The third-order valence-corrected chi connectivity index (χ3v) is 4.27. The van der Waals surface area contributed by atoms with Crippen molar-refractivity contribution < 1.29 is 9.90 Å². The number of amides is 1. The maximum absolute atomic E-state index is 12.8. The van der Waals surface area contributed by atoms with Gasteiger partial charge in [-0.05, 0) is 32.1 Å². The molecule has 0 saturated carbocycles. The molecule has 2 heterocycles. The number of aliphatic hydroxyl groups is 1. The second-order valence-electron chi connectivity index (χ2n) is 6.15. The minimum absolute atomic E-state index is 0.0292. The van der Waals surface area contributed by atoms with Gasteiger partial charge in [-0.25, -0.2) is 9.97 Å². The SMILES string of the molecule is Cc1ncc(Cl)c(C(=O)N2CCCC2(CO)CC(C)C)n1. The lowest BCUT2D eigenvalue weighted by atomic mass is 9.87. The normalized spacial score (nSPS) is 22.1. The number of hydrogen-bond donors (Lipinski definition) is 1. The first-order valence-electron chi connectivity index (χ1n) is 7.31. The van der Waals surface area contributed by atoms with Gasteiger partial charge in [-0.2, -0.15) is 0 Å². The largest absolute Gasteiger partial charge is 0.394 e. The van der Waals surface area contributed by atoms with E-state index in [4.69, 9.17) is 11.6 Å². The summed E-state index contributed by atoms with van der Waals surface area (Å²) in [6, 6.07) is 0. The molecule has 0 aromatic carbocycles. The Labute approximate surface area is 130 Å². The average Bonchev–Trinajstić information content (AvgIpc) is 2.84. The molecule has 0 spiro atoms. The number of aliphatic hydroxyl groups excluding tert-OH is 1. The third-order valence-electron chi connectivity index (χ3n) is 3.99. The zero-order valence-corrected chi connectivity index (χ0v) is 13.5. The number of carbonyl (C=O) groups is 1. The van der Waals surface area contributed by atoms with Crippen LogP contribution in [0.3, 0.4) is 0 Å². The predicted molar refractivity (Wildman–Crippen MR) is 81.3 cm³/mol. The van der Waals surface area contributed by atoms with Gasteiger partial charge in [0.15, 0.2) is 5.69 Å². The lowest BCUT2D eigenvalue weighted by Crippen LogP contribution is -2.51. The molecule has 6 heteroatoms. The fourth-order valence-electron chi connectivity index (χ4n) is 3.19. The molecule has 21 heavy (non-hydrogen) atoms. The van der Waals surface area contributed by atoms with Crippen molar-refractivity contribution in [2.24, 2.45) is 5.92 Å². The molecule has 1 atom stereocenters. The molecule has 1 aromatic heterocycles. The molecule has 1 fully saturated rings. The fraction of sp³-hybridized carbons (Fsp3) is 0.667. The van der Waals surface area contributed by atoms with Crippen molar-refractivity contribution in [2.75, 3.05) is 13.2 Å². The van der Waals surface area contributed by atoms with Crippen LogP contribution in [-0.4, -0.2) is 44.6 Å². The smallest absolute Gasteiger partial charge is 0.274 e. The van der Waals surface area contributed by atoms with Crippen molar-refractivity contribution in [2.45, 2.75) is 45.6 Å². The number of likely N-dealkylation sites (tertiary alicyclic amines) is 1. The van der Waals surface area contributed by atoms with E-state index in [1.165, 1.54) is 6.20 Å². The Hall–Kier alpha value is -1.20. The van der Waals surface area contributed by atoms with Crippen molar-refractivity contribution in [3.8, 4) is 0 Å². The van der Waals surface area contributed by atoms with E-state index in [2.05, 4.69) is 23.8 Å². The number of nitrogens with zero attached hydrogens (tertiary/aromatic N) is 3. The van der Waals surface area contributed by atoms with Crippen LogP contribution in [-0.2, 0) is 0 Å². The molecule has 5 nitrogen and oxygen atoms in total. The summed E-state index contributed by atoms with van der Waals surface area (Å²) in [4.78, 5) is 22.7. The van der Waals surface area contributed by atoms with Crippen LogP contribution in [0, 0.1) is 12.8 Å². The zero-order chi connectivity index (χ0) is 15.6. The van der Waals surface area contributed by atoms with Gasteiger partial charge in [-0.15, -0.1) is 0 Å². The highest BCUT2D eigenvalue weighted by Crippen LogP contribution is 2.36. The average molecular weight is 312 g/mol. The van der Waals surface area contributed by atoms with Gasteiger partial charge in [0.2, 0.25) is 0 Å². The highest BCUT2D eigenvalue weighted by Gasteiger charge is 2.44. The summed E-state index contributed by atoms with van der Waals surface area (Å²) in [5, 5.41) is 10.2. The Balaban J connectivity index is 2.34. The lowest BCUT2D eigenvalue weighted by Gasteiger charge is -2.38. The van der Waals surface area contributed by atoms with Gasteiger partial charge in [-0.1, -0.05) is 25.4 Å². The second-order valence-corrected chi connectivity index (χ2v) is 6.56. The van der Waals surface area contributed by atoms with Gasteiger partial charge < -0.3 is 10.0 Å². The van der Waals surface area contributed by atoms with E-state index in [1.54, 1.807) is 11.8 Å². The van der Waals surface area contributed by atoms with E-state index in [9.17, 15) is 9.90 Å². The quantitative estimate of drug-likeness (QED) is 0.927. The minimum atomic E-state index is -0.493. The molecule has 1 unspecified atom stereocenters. The maximum atomic E-state index is 12.8. The molecule has 1 saturated heterocycles. The number of rotatable bonds is 4. The highest BCUT2D eigenvalue weighted by molar-refractivity contribution is 6.33. The van der Waals surface area contributed by atoms with Gasteiger partial charge in [0.1, 0.15) is 5.82 Å². The molecule has 1 amide bonds. The summed E-state index contributed by atoms with van der Waals surface area (Å²) in [6.07, 6.45) is 3.93. The van der Waals surface area contributed by atoms with E-state index in [-0.39, 0.29) is 23.2 Å². The number of aryl methyl sites for hydroxylation is 1. The van der Waals surface area contributed by atoms with Crippen LogP contribution in [0.2, 0.25) is 5.02 Å². The molecule has 0 aliphatic carbocycles. The van der Waals surface area contributed by atoms with Crippen molar-refractivity contribution in [1.82, 2.24) is 14.9 Å².